The van der Waals surface area contributed by atoms with Gasteiger partial charge in [-0.25, -0.2) is 35.1 Å². The van der Waals surface area contributed by atoms with Crippen LogP contribution in [0.25, 0.3) is 167 Å². The first-order valence-electron chi connectivity index (χ1n) is 36.0. The molecular weight excluding hydrogens is 1820 g/mol. The number of carbonyl (C=O) groups excluding carboxylic acids is 2. The van der Waals surface area contributed by atoms with Gasteiger partial charge in [0.15, 0.2) is 46.5 Å². The molecule has 0 spiro atoms. The number of hydrogen-bond acceptors (Lipinski definition) is 13. The molecule has 18 nitrogen and oxygen atoms in total. The molecule has 0 aliphatic carbocycles. The number of aromatic amines is 1. The number of fused-ring (bicyclic) bond motifs is 12. The zero-order chi connectivity index (χ0) is 81.2. The predicted octanol–water partition coefficient (Wildman–Crippen LogP) is 16.4. The van der Waals surface area contributed by atoms with Crippen LogP contribution in [0.2, 0.25) is 0 Å². The second kappa shape index (κ2) is 37.7. The van der Waals surface area contributed by atoms with Gasteiger partial charge in [-0.2, -0.15) is 5.21 Å². The summed E-state index contributed by atoms with van der Waals surface area (Å²) in [5, 5.41) is 46.7. The maximum Gasteiger partial charge on any atom is 1.00 e. The van der Waals surface area contributed by atoms with E-state index in [1.807, 2.05) is 60.7 Å². The third-order valence-electron chi connectivity index (χ3n) is 19.6. The minimum atomic E-state index is -1.79. The van der Waals surface area contributed by atoms with Crippen molar-refractivity contribution in [3.05, 3.63) is 355 Å². The zero-order valence-electron chi connectivity index (χ0n) is 63.7. The van der Waals surface area contributed by atoms with Crippen molar-refractivity contribution in [3.63, 3.8) is 0 Å². The molecule has 0 aliphatic rings. The number of halogens is 9. The smallest absolute Gasteiger partial charge is 1.00 e. The Labute approximate surface area is 804 Å². The molecule has 14 aromatic carbocycles. The fraction of sp³-hybridized carbons (Fsp3) is 0.0109. The molecule has 21 rings (SSSR count). The molecule has 21 aromatic rings. The van der Waals surface area contributed by atoms with Gasteiger partial charge in [-0.3, -0.25) is 9.59 Å². The van der Waals surface area contributed by atoms with E-state index in [1.165, 1.54) is 0 Å². The summed E-state index contributed by atoms with van der Waals surface area (Å²) in [6, 6.07) is 101. The molecule has 0 saturated heterocycles. The molecule has 0 radical (unpaired) electrons. The van der Waals surface area contributed by atoms with E-state index in [4.69, 9.17) is 40.7 Å². The van der Waals surface area contributed by atoms with Crippen LogP contribution >= 0.6 is 11.6 Å². The summed E-state index contributed by atoms with van der Waals surface area (Å²) in [5.41, 5.74) is 13.0. The van der Waals surface area contributed by atoms with Gasteiger partial charge in [-0.15, -0.1) is 30.6 Å². The molecule has 0 fully saturated rings. The summed E-state index contributed by atoms with van der Waals surface area (Å²) in [6.45, 7) is -0.181. The van der Waals surface area contributed by atoms with Crippen LogP contribution in [0.1, 0.15) is 19.2 Å². The van der Waals surface area contributed by atoms with Crippen molar-refractivity contribution in [3.8, 4) is 80.0 Å². The Kier molecular flexibility index (Phi) is 26.8. The number of rotatable bonds is 11. The van der Waals surface area contributed by atoms with Crippen LogP contribution in [-0.2, 0) is 9.68 Å². The standard InChI is InChI=1S/C62H38N6O.C14H6F4N2O.C7HClF4O.C7H6N4.CH2O3.CH4.2Cs.H/c1-2-20-39(21-3-1)61-63-64-62(69-61)58-59(67-52-34-16-8-26-44(52)45-27-9-17-35-53(45)67)56(65-48-30-12-4-22-40(48)41-23-5-13-31-49(41)65)38-57(66-50-32-14-6-24-42(50)43-25-7-15-33-51(43)66)60(58)68-54-36-18-10-28-46(54)47-29-11-19-37-55(47)68;15-8-6-9(16)12(18)10(11(8)17)14-20-19-13(21-14)7-4-2-1-3-5-7;8-7(13)4-5(11)2(9)1-3(10)6(4)12;1-2-4-6(5-3-1)7-8-10-11-9-7;2-1-4-3;;;;/h1-38H;1-6H;1H;1-5H,(H,8,9,10,11);1,3H;1H4;;;/q;;;;;;2*+1;-1/p-1. The molecule has 0 unspecified atom stereocenters. The molecular formula is C92H57ClCs2F8N12O6. The quantitative estimate of drug-likeness (QED) is 0.0319. The fourth-order valence-electron chi connectivity index (χ4n) is 14.7. The molecule has 0 saturated carbocycles. The van der Waals surface area contributed by atoms with Gasteiger partial charge in [-0.1, -0.05) is 220 Å². The third kappa shape index (κ3) is 16.4. The van der Waals surface area contributed by atoms with Crippen LogP contribution < -0.4 is 143 Å². The van der Waals surface area contributed by atoms with Gasteiger partial charge < -0.3 is 38.7 Å². The maximum absolute atomic E-state index is 13.6. The van der Waals surface area contributed by atoms with E-state index in [2.05, 4.69) is 254 Å². The Hall–Kier alpha value is -11.4. The van der Waals surface area contributed by atoms with Gasteiger partial charge in [0.1, 0.15) is 11.1 Å². The third-order valence-corrected chi connectivity index (χ3v) is 19.8. The number of carbonyl (C=O) groups is 2. The second-order valence-electron chi connectivity index (χ2n) is 26.3. The molecule has 29 heteroatoms. The number of nitrogens with zero attached hydrogens (tertiary/aromatic N) is 11. The van der Waals surface area contributed by atoms with E-state index in [9.17, 15) is 39.9 Å². The molecule has 7 aromatic heterocycles. The predicted molar refractivity (Wildman–Crippen MR) is 439 cm³/mol. The van der Waals surface area contributed by atoms with E-state index >= 15 is 0 Å². The minimum Gasteiger partial charge on any atom is -1.00 e. The minimum absolute atomic E-state index is 0. The molecule has 0 amide bonds. The van der Waals surface area contributed by atoms with Crippen LogP contribution in [0, 0.1) is 46.5 Å². The summed E-state index contributed by atoms with van der Waals surface area (Å²) in [5.74, 6) is -12.4. The molecule has 121 heavy (non-hydrogen) atoms. The van der Waals surface area contributed by atoms with Crippen molar-refractivity contribution < 1.29 is 203 Å². The topological polar surface area (TPSA) is 218 Å². The number of H-pyrrole nitrogens is 1. The Morgan fingerprint density at radius 3 is 0.917 bits per heavy atom. The summed E-state index contributed by atoms with van der Waals surface area (Å²) in [6.07, 6.45) is 0. The number of para-hydroxylation sites is 8. The first kappa shape index (κ1) is 86.0. The van der Waals surface area contributed by atoms with Crippen molar-refractivity contribution >= 4 is 111 Å². The number of aromatic nitrogens is 12. The van der Waals surface area contributed by atoms with Crippen molar-refractivity contribution in [2.24, 2.45) is 0 Å². The fourth-order valence-corrected chi connectivity index (χ4v) is 14.9. The van der Waals surface area contributed by atoms with E-state index in [-0.39, 0.29) is 171 Å². The van der Waals surface area contributed by atoms with E-state index < -0.39 is 68.8 Å². The van der Waals surface area contributed by atoms with Crippen LogP contribution in [0.4, 0.5) is 35.1 Å². The number of benzene rings is 14. The van der Waals surface area contributed by atoms with Crippen molar-refractivity contribution in [1.82, 2.24) is 59.3 Å². The second-order valence-corrected chi connectivity index (χ2v) is 26.6. The first-order chi connectivity index (χ1) is 57.7. The number of hydrogen-bond donors (Lipinski definition) is 1. The van der Waals surface area contributed by atoms with Crippen molar-refractivity contribution in [1.29, 1.82) is 0 Å². The summed E-state index contributed by atoms with van der Waals surface area (Å²) < 4.78 is 126. The Morgan fingerprint density at radius 1 is 0.364 bits per heavy atom. The average Bonchev–Trinajstić information content (AvgIpc) is 1.51. The van der Waals surface area contributed by atoms with Gasteiger partial charge in [0, 0.05) is 71.9 Å². The van der Waals surface area contributed by atoms with Gasteiger partial charge >= 0.3 is 138 Å². The van der Waals surface area contributed by atoms with Crippen LogP contribution in [0.5, 0.6) is 0 Å². The summed E-state index contributed by atoms with van der Waals surface area (Å²) in [4.78, 5) is 21.6. The molecule has 0 aliphatic heterocycles. The van der Waals surface area contributed by atoms with E-state index in [0.717, 1.165) is 127 Å². The number of tetrazole rings is 1. The van der Waals surface area contributed by atoms with Crippen molar-refractivity contribution in [2.75, 3.05) is 0 Å². The van der Waals surface area contributed by atoms with Gasteiger partial charge in [-0.05, 0) is 95.7 Å². The first-order valence-corrected chi connectivity index (χ1v) is 36.4. The van der Waals surface area contributed by atoms with Crippen LogP contribution in [0.15, 0.2) is 312 Å². The normalized spacial score (nSPS) is 10.9. The van der Waals surface area contributed by atoms with Gasteiger partial charge in [0.2, 0.25) is 17.6 Å². The SMILES string of the molecule is C.Fc1cc(F)c(F)c(-c2nnc(-c3ccccc3)o2)c1F.O=C(Cl)c1c(F)c(F)cc(F)c1F.O=CO[O-].[Cs+].[Cs+].[H-].c1ccc(-c2nn[nH]n2)cc1.c1ccc(-c2nnc(-c3c(-n4c5ccccc5c5ccccc54)c(-n4c5ccccc5c5ccccc54)cc(-n4c5ccccc5c5ccccc54)c3-n3c4ccccc4c4ccccc43)o2)cc1. The van der Waals surface area contributed by atoms with Crippen LogP contribution in [-0.4, -0.2) is 71.0 Å². The van der Waals surface area contributed by atoms with E-state index in [1.54, 1.807) is 30.3 Å². The maximum atomic E-state index is 13.6. The van der Waals surface area contributed by atoms with Gasteiger partial charge in [0.25, 0.3) is 23.5 Å². The molecule has 586 valence electrons. The summed E-state index contributed by atoms with van der Waals surface area (Å²) in [7, 11) is 0. The zero-order valence-corrected chi connectivity index (χ0v) is 76.0. The largest absolute Gasteiger partial charge is 1.00 e. The van der Waals surface area contributed by atoms with Crippen LogP contribution in [0.3, 0.4) is 0 Å². The molecule has 1 N–H and O–H groups in total. The molecule has 0 atom stereocenters. The van der Waals surface area contributed by atoms with Crippen molar-refractivity contribution in [2.45, 2.75) is 7.43 Å². The van der Waals surface area contributed by atoms with E-state index in [0.29, 0.717) is 23.2 Å². The van der Waals surface area contributed by atoms with Gasteiger partial charge in [0.05, 0.1) is 72.4 Å². The average molecular weight is 1880 g/mol. The Morgan fingerprint density at radius 2 is 0.628 bits per heavy atom. The Bertz CT molecular complexity index is 6890. The molecule has 0 bridgehead atoms. The molecule has 7 heterocycles. The number of nitrogens with one attached hydrogen (secondary N) is 1. The summed E-state index contributed by atoms with van der Waals surface area (Å²) >= 11 is 4.71. The monoisotopic (exact) mass is 1880 g/mol. The Balaban J connectivity index is 0.000000196.